The zero-order valence-electron chi connectivity index (χ0n) is 17.2. The van der Waals surface area contributed by atoms with Gasteiger partial charge in [-0.3, -0.25) is 14.2 Å². The van der Waals surface area contributed by atoms with Crippen LogP contribution in [-0.2, 0) is 18.4 Å². The number of fused-ring (bicyclic) bond motifs is 2. The van der Waals surface area contributed by atoms with Crippen LogP contribution in [-0.4, -0.2) is 32.7 Å². The van der Waals surface area contributed by atoms with Gasteiger partial charge in [0.05, 0.1) is 16.2 Å². The number of nitrogens with zero attached hydrogens (tertiary/aromatic N) is 3. The van der Waals surface area contributed by atoms with Crippen molar-refractivity contribution in [1.29, 1.82) is 0 Å². The summed E-state index contributed by atoms with van der Waals surface area (Å²) in [5.41, 5.74) is 1.62. The Labute approximate surface area is 179 Å². The second-order valence-corrected chi connectivity index (χ2v) is 8.72. The van der Waals surface area contributed by atoms with Crippen molar-refractivity contribution in [3.05, 3.63) is 82.6 Å². The van der Waals surface area contributed by atoms with E-state index in [0.29, 0.717) is 22.6 Å². The first-order valence-electron chi connectivity index (χ1n) is 9.79. The number of hydrogen-bond donors (Lipinski definition) is 0. The maximum atomic E-state index is 12.9. The van der Waals surface area contributed by atoms with E-state index in [1.807, 2.05) is 73.7 Å². The average Bonchev–Trinajstić information content (AvgIpc) is 2.76. The van der Waals surface area contributed by atoms with E-state index in [4.69, 9.17) is 4.98 Å². The fourth-order valence-electron chi connectivity index (χ4n) is 3.50. The molecule has 0 aliphatic heterocycles. The third-order valence-electron chi connectivity index (χ3n) is 5.17. The Morgan fingerprint density at radius 1 is 1.07 bits per heavy atom. The summed E-state index contributed by atoms with van der Waals surface area (Å²) < 4.78 is 1.53. The molecule has 0 radical (unpaired) electrons. The molecule has 3 aromatic carbocycles. The van der Waals surface area contributed by atoms with Crippen LogP contribution >= 0.6 is 11.8 Å². The zero-order chi connectivity index (χ0) is 21.3. The standard InChI is InChI=1S/C24H23N3O2S/c1-16(22(28)26(2)15-17-9-5-4-6-10-17)30-24-25-21-14-19-12-8-7-11-18(19)13-20(21)23(29)27(24)3/h4-14,16H,15H2,1-3H3/t16-/m1/s1. The molecule has 0 saturated heterocycles. The van der Waals surface area contributed by atoms with Gasteiger partial charge in [0.1, 0.15) is 0 Å². The van der Waals surface area contributed by atoms with Crippen LogP contribution < -0.4 is 5.56 Å². The molecule has 0 aliphatic rings. The van der Waals surface area contributed by atoms with E-state index >= 15 is 0 Å². The van der Waals surface area contributed by atoms with E-state index in [1.54, 1.807) is 19.0 Å². The van der Waals surface area contributed by atoms with E-state index < -0.39 is 0 Å². The third-order valence-corrected chi connectivity index (χ3v) is 6.30. The highest BCUT2D eigenvalue weighted by Crippen LogP contribution is 2.25. The molecule has 4 rings (SSSR count). The fraction of sp³-hybridized carbons (Fsp3) is 0.208. The van der Waals surface area contributed by atoms with Crippen LogP contribution in [0.5, 0.6) is 0 Å². The highest BCUT2D eigenvalue weighted by molar-refractivity contribution is 8.00. The second-order valence-electron chi connectivity index (χ2n) is 7.42. The lowest BCUT2D eigenvalue weighted by molar-refractivity contribution is -0.129. The maximum Gasteiger partial charge on any atom is 0.261 e. The van der Waals surface area contributed by atoms with Crippen molar-refractivity contribution < 1.29 is 4.79 Å². The topological polar surface area (TPSA) is 55.2 Å². The lowest BCUT2D eigenvalue weighted by atomic mass is 10.1. The van der Waals surface area contributed by atoms with Crippen molar-refractivity contribution in [3.63, 3.8) is 0 Å². The van der Waals surface area contributed by atoms with Crippen molar-refractivity contribution in [1.82, 2.24) is 14.5 Å². The minimum absolute atomic E-state index is 0.00305. The summed E-state index contributed by atoms with van der Waals surface area (Å²) in [6.07, 6.45) is 0. The Bertz CT molecular complexity index is 1280. The van der Waals surface area contributed by atoms with Crippen molar-refractivity contribution in [2.24, 2.45) is 7.05 Å². The molecule has 0 unspecified atom stereocenters. The predicted molar refractivity (Wildman–Crippen MR) is 123 cm³/mol. The van der Waals surface area contributed by atoms with Crippen molar-refractivity contribution in [3.8, 4) is 0 Å². The van der Waals surface area contributed by atoms with Gasteiger partial charge in [-0.05, 0) is 35.4 Å². The first kappa shape index (κ1) is 20.2. The predicted octanol–water partition coefficient (Wildman–Crippen LogP) is 4.23. The number of amides is 1. The summed E-state index contributed by atoms with van der Waals surface area (Å²) in [5, 5.41) is 2.80. The number of aromatic nitrogens is 2. The van der Waals surface area contributed by atoms with Gasteiger partial charge in [-0.25, -0.2) is 4.98 Å². The molecule has 0 saturated carbocycles. The largest absolute Gasteiger partial charge is 0.340 e. The normalized spacial score (nSPS) is 12.2. The van der Waals surface area contributed by atoms with Gasteiger partial charge in [-0.1, -0.05) is 66.4 Å². The van der Waals surface area contributed by atoms with E-state index in [1.165, 1.54) is 16.3 Å². The molecule has 30 heavy (non-hydrogen) atoms. The second kappa shape index (κ2) is 8.32. The Kier molecular flexibility index (Phi) is 5.59. The minimum atomic E-state index is -0.366. The molecule has 1 heterocycles. The van der Waals surface area contributed by atoms with Crippen LogP contribution in [0.25, 0.3) is 21.7 Å². The van der Waals surface area contributed by atoms with Crippen LogP contribution in [0.15, 0.2) is 76.7 Å². The monoisotopic (exact) mass is 417 g/mol. The number of hydrogen-bond acceptors (Lipinski definition) is 4. The number of benzene rings is 3. The quantitative estimate of drug-likeness (QED) is 0.277. The summed E-state index contributed by atoms with van der Waals surface area (Å²) in [5.74, 6) is -0.00305. The molecule has 6 heteroatoms. The number of thioether (sulfide) groups is 1. The molecular formula is C24H23N3O2S. The molecular weight excluding hydrogens is 394 g/mol. The van der Waals surface area contributed by atoms with Crippen molar-refractivity contribution in [2.75, 3.05) is 7.05 Å². The minimum Gasteiger partial charge on any atom is -0.340 e. The van der Waals surface area contributed by atoms with Crippen LogP contribution in [0.1, 0.15) is 12.5 Å². The van der Waals surface area contributed by atoms with Crippen LogP contribution in [0.2, 0.25) is 0 Å². The molecule has 1 amide bonds. The molecule has 5 nitrogen and oxygen atoms in total. The molecule has 1 aromatic heterocycles. The van der Waals surface area contributed by atoms with Crippen LogP contribution in [0.4, 0.5) is 0 Å². The summed E-state index contributed by atoms with van der Waals surface area (Å²) in [4.78, 5) is 32.2. The molecule has 0 fully saturated rings. The molecule has 152 valence electrons. The summed E-state index contributed by atoms with van der Waals surface area (Å²) in [6.45, 7) is 2.39. The third kappa shape index (κ3) is 3.96. The number of rotatable bonds is 5. The summed E-state index contributed by atoms with van der Waals surface area (Å²) in [7, 11) is 3.50. The van der Waals surface area contributed by atoms with Crippen molar-refractivity contribution in [2.45, 2.75) is 23.9 Å². The lowest BCUT2D eigenvalue weighted by Gasteiger charge is -2.21. The average molecular weight is 418 g/mol. The fourth-order valence-corrected chi connectivity index (χ4v) is 4.49. The number of carbonyl (C=O) groups excluding carboxylic acids is 1. The van der Waals surface area contributed by atoms with Crippen molar-refractivity contribution >= 4 is 39.3 Å². The molecule has 0 bridgehead atoms. The zero-order valence-corrected chi connectivity index (χ0v) is 18.0. The van der Waals surface area contributed by atoms with E-state index in [0.717, 1.165) is 16.3 Å². The first-order chi connectivity index (χ1) is 14.4. The Hall–Kier alpha value is -3.12. The molecule has 0 N–H and O–H groups in total. The van der Waals surface area contributed by atoms with Gasteiger partial charge in [0, 0.05) is 20.6 Å². The Morgan fingerprint density at radius 3 is 2.40 bits per heavy atom. The Balaban J connectivity index is 1.61. The highest BCUT2D eigenvalue weighted by atomic mass is 32.2. The van der Waals surface area contributed by atoms with Gasteiger partial charge >= 0.3 is 0 Å². The van der Waals surface area contributed by atoms with Crippen LogP contribution in [0, 0.1) is 0 Å². The van der Waals surface area contributed by atoms with Gasteiger partial charge in [0.2, 0.25) is 5.91 Å². The van der Waals surface area contributed by atoms with Gasteiger partial charge in [-0.15, -0.1) is 0 Å². The van der Waals surface area contributed by atoms with Gasteiger partial charge in [0.25, 0.3) is 5.56 Å². The number of carbonyl (C=O) groups is 1. The van der Waals surface area contributed by atoms with Gasteiger partial charge < -0.3 is 4.90 Å². The molecule has 4 aromatic rings. The van der Waals surface area contributed by atoms with E-state index in [-0.39, 0.29) is 16.7 Å². The first-order valence-corrected chi connectivity index (χ1v) is 10.7. The van der Waals surface area contributed by atoms with Gasteiger partial charge in [0.15, 0.2) is 5.16 Å². The smallest absolute Gasteiger partial charge is 0.261 e. The lowest BCUT2D eigenvalue weighted by Crippen LogP contribution is -2.33. The SMILES string of the molecule is C[C@@H](Sc1nc2cc3ccccc3cc2c(=O)n1C)C(=O)N(C)Cc1ccccc1. The Morgan fingerprint density at radius 2 is 1.70 bits per heavy atom. The molecule has 0 aliphatic carbocycles. The van der Waals surface area contributed by atoms with E-state index in [2.05, 4.69) is 0 Å². The summed E-state index contributed by atoms with van der Waals surface area (Å²) >= 11 is 1.31. The van der Waals surface area contributed by atoms with Gasteiger partial charge in [-0.2, -0.15) is 0 Å². The molecule has 1 atom stereocenters. The van der Waals surface area contributed by atoms with Crippen LogP contribution in [0.3, 0.4) is 0 Å². The van der Waals surface area contributed by atoms with E-state index in [9.17, 15) is 9.59 Å². The summed E-state index contributed by atoms with van der Waals surface area (Å²) in [6, 6.07) is 21.6. The maximum absolute atomic E-state index is 12.9. The highest BCUT2D eigenvalue weighted by Gasteiger charge is 2.21. The molecule has 0 spiro atoms.